The van der Waals surface area contributed by atoms with Crippen LogP contribution in [-0.2, 0) is 9.59 Å². The van der Waals surface area contributed by atoms with Crippen molar-refractivity contribution >= 4 is 47.1 Å². The maximum absolute atomic E-state index is 12.9. The van der Waals surface area contributed by atoms with Gasteiger partial charge >= 0.3 is 5.97 Å². The van der Waals surface area contributed by atoms with Crippen molar-refractivity contribution in [3.8, 4) is 0 Å². The quantitative estimate of drug-likeness (QED) is 0.375. The normalized spacial score (nSPS) is 10.9. The number of hydrogen-bond donors (Lipinski definition) is 4. The van der Waals surface area contributed by atoms with Gasteiger partial charge in [0.2, 0.25) is 0 Å². The second-order valence-electron chi connectivity index (χ2n) is 6.62. The minimum atomic E-state index is -1.17. The summed E-state index contributed by atoms with van der Waals surface area (Å²) >= 11 is 6.18. The maximum atomic E-state index is 12.9. The monoisotopic (exact) mass is 467 g/mol. The molecule has 1 aromatic heterocycles. The SMILES string of the molecule is O=C(O)CNC(=O)c1ccc(NC(=O)/C(=C\c2ccccc2Cl)NC(=O)c2ccco2)cc1. The standard InChI is InChI=1S/C23H18ClN3O6/c24-17-5-2-1-4-15(17)12-18(27-23(32)19-6-3-11-33-19)22(31)26-16-9-7-14(8-10-16)21(30)25-13-20(28)29/h1-12H,13H2,(H,25,30)(H,26,31)(H,27,32)(H,28,29)/b18-12+. The highest BCUT2D eigenvalue weighted by Gasteiger charge is 2.17. The molecule has 0 aliphatic rings. The molecule has 3 amide bonds. The van der Waals surface area contributed by atoms with Gasteiger partial charge in [-0.25, -0.2) is 0 Å². The number of aliphatic carboxylic acids is 1. The molecule has 3 rings (SSSR count). The van der Waals surface area contributed by atoms with Crippen molar-refractivity contribution in [3.63, 3.8) is 0 Å². The number of carbonyl (C=O) groups excluding carboxylic acids is 3. The lowest BCUT2D eigenvalue weighted by atomic mass is 10.1. The van der Waals surface area contributed by atoms with E-state index in [1.807, 2.05) is 0 Å². The molecule has 0 fully saturated rings. The van der Waals surface area contributed by atoms with E-state index in [2.05, 4.69) is 16.0 Å². The van der Waals surface area contributed by atoms with E-state index in [0.29, 0.717) is 16.3 Å². The third-order valence-electron chi connectivity index (χ3n) is 4.25. The van der Waals surface area contributed by atoms with Crippen LogP contribution >= 0.6 is 11.6 Å². The molecule has 3 aromatic rings. The van der Waals surface area contributed by atoms with Crippen LogP contribution in [0.1, 0.15) is 26.5 Å². The number of amides is 3. The van der Waals surface area contributed by atoms with E-state index in [4.69, 9.17) is 21.1 Å². The maximum Gasteiger partial charge on any atom is 0.322 e. The van der Waals surface area contributed by atoms with Gasteiger partial charge in [0.15, 0.2) is 5.76 Å². The minimum Gasteiger partial charge on any atom is -0.480 e. The second kappa shape index (κ2) is 10.8. The fraction of sp³-hybridized carbons (Fsp3) is 0.0435. The van der Waals surface area contributed by atoms with Crippen LogP contribution in [0.3, 0.4) is 0 Å². The number of carboxylic acid groups (broad SMARTS) is 1. The van der Waals surface area contributed by atoms with Crippen LogP contribution in [0, 0.1) is 0 Å². The molecule has 9 nitrogen and oxygen atoms in total. The zero-order chi connectivity index (χ0) is 23.8. The van der Waals surface area contributed by atoms with Crippen molar-refractivity contribution in [2.75, 3.05) is 11.9 Å². The fourth-order valence-corrected chi connectivity index (χ4v) is 2.85. The first-order valence-electron chi connectivity index (χ1n) is 9.56. The lowest BCUT2D eigenvalue weighted by Crippen LogP contribution is -2.30. The number of anilines is 1. The van der Waals surface area contributed by atoms with Gasteiger partial charge in [-0.3, -0.25) is 19.2 Å². The molecule has 4 N–H and O–H groups in total. The summed E-state index contributed by atoms with van der Waals surface area (Å²) in [4.78, 5) is 47.8. The summed E-state index contributed by atoms with van der Waals surface area (Å²) in [6, 6.07) is 15.6. The molecule has 1 heterocycles. The van der Waals surface area contributed by atoms with E-state index >= 15 is 0 Å². The number of carboxylic acids is 1. The molecular formula is C23H18ClN3O6. The molecule has 0 saturated heterocycles. The molecule has 0 bridgehead atoms. The van der Waals surface area contributed by atoms with E-state index < -0.39 is 30.2 Å². The van der Waals surface area contributed by atoms with Crippen LogP contribution in [0.2, 0.25) is 5.02 Å². The molecule has 10 heteroatoms. The number of benzene rings is 2. The van der Waals surface area contributed by atoms with Gasteiger partial charge in [-0.05, 0) is 54.1 Å². The Kier molecular flexibility index (Phi) is 7.61. The highest BCUT2D eigenvalue weighted by atomic mass is 35.5. The molecule has 0 aliphatic heterocycles. The number of hydrogen-bond acceptors (Lipinski definition) is 5. The highest BCUT2D eigenvalue weighted by Crippen LogP contribution is 2.19. The van der Waals surface area contributed by atoms with Crippen molar-refractivity contribution in [1.29, 1.82) is 0 Å². The van der Waals surface area contributed by atoms with Crippen LogP contribution in [0.25, 0.3) is 6.08 Å². The van der Waals surface area contributed by atoms with Crippen LogP contribution in [0.5, 0.6) is 0 Å². The number of carbonyl (C=O) groups is 4. The summed E-state index contributed by atoms with van der Waals surface area (Å²) in [7, 11) is 0. The van der Waals surface area contributed by atoms with Gasteiger partial charge in [-0.15, -0.1) is 0 Å². The predicted molar refractivity (Wildman–Crippen MR) is 121 cm³/mol. The summed E-state index contributed by atoms with van der Waals surface area (Å²) in [6.07, 6.45) is 2.76. The van der Waals surface area contributed by atoms with Crippen molar-refractivity contribution in [2.45, 2.75) is 0 Å². The summed E-state index contributed by atoms with van der Waals surface area (Å²) in [6.45, 7) is -0.511. The highest BCUT2D eigenvalue weighted by molar-refractivity contribution is 6.32. The van der Waals surface area contributed by atoms with E-state index in [0.717, 1.165) is 0 Å². The Labute approximate surface area is 193 Å². The van der Waals surface area contributed by atoms with Gasteiger partial charge in [-0.1, -0.05) is 29.8 Å². The Balaban J connectivity index is 1.78. The molecule has 0 saturated carbocycles. The van der Waals surface area contributed by atoms with Crippen LogP contribution in [0.4, 0.5) is 5.69 Å². The molecule has 168 valence electrons. The first kappa shape index (κ1) is 23.3. The van der Waals surface area contributed by atoms with Crippen LogP contribution in [-0.4, -0.2) is 35.3 Å². The first-order chi connectivity index (χ1) is 15.8. The van der Waals surface area contributed by atoms with Crippen molar-refractivity contribution in [2.24, 2.45) is 0 Å². The average Bonchev–Trinajstić information content (AvgIpc) is 3.34. The Morgan fingerprint density at radius 1 is 0.939 bits per heavy atom. The summed E-state index contributed by atoms with van der Waals surface area (Å²) in [5, 5.41) is 16.4. The largest absolute Gasteiger partial charge is 0.480 e. The number of rotatable bonds is 8. The molecule has 0 radical (unpaired) electrons. The molecule has 2 aromatic carbocycles. The second-order valence-corrected chi connectivity index (χ2v) is 7.03. The Morgan fingerprint density at radius 2 is 1.67 bits per heavy atom. The molecule has 0 spiro atoms. The third kappa shape index (κ3) is 6.55. The minimum absolute atomic E-state index is 0.0181. The fourth-order valence-electron chi connectivity index (χ4n) is 2.66. The van der Waals surface area contributed by atoms with Crippen LogP contribution < -0.4 is 16.0 Å². The van der Waals surface area contributed by atoms with E-state index in [1.54, 1.807) is 30.3 Å². The summed E-state index contributed by atoms with van der Waals surface area (Å²) < 4.78 is 5.07. The third-order valence-corrected chi connectivity index (χ3v) is 4.59. The van der Waals surface area contributed by atoms with E-state index in [-0.39, 0.29) is 17.0 Å². The van der Waals surface area contributed by atoms with Gasteiger partial charge in [0.25, 0.3) is 17.7 Å². The average molecular weight is 468 g/mol. The van der Waals surface area contributed by atoms with Crippen molar-refractivity contribution < 1.29 is 28.7 Å². The van der Waals surface area contributed by atoms with Gasteiger partial charge < -0.3 is 25.5 Å². The van der Waals surface area contributed by atoms with Crippen LogP contribution in [0.15, 0.2) is 77.0 Å². The zero-order valence-electron chi connectivity index (χ0n) is 17.0. The summed E-state index contributed by atoms with van der Waals surface area (Å²) in [5.41, 5.74) is 0.974. The van der Waals surface area contributed by atoms with Crippen molar-refractivity contribution in [1.82, 2.24) is 10.6 Å². The molecule has 0 atom stereocenters. The van der Waals surface area contributed by atoms with E-state index in [9.17, 15) is 19.2 Å². The Morgan fingerprint density at radius 3 is 2.30 bits per heavy atom. The number of nitrogens with one attached hydrogen (secondary N) is 3. The predicted octanol–water partition coefficient (Wildman–Crippen LogP) is 3.16. The number of furan rings is 1. The smallest absolute Gasteiger partial charge is 0.322 e. The molecular weight excluding hydrogens is 450 g/mol. The molecule has 33 heavy (non-hydrogen) atoms. The first-order valence-corrected chi connectivity index (χ1v) is 9.94. The number of halogens is 1. The lowest BCUT2D eigenvalue weighted by Gasteiger charge is -2.11. The molecule has 0 unspecified atom stereocenters. The Bertz CT molecular complexity index is 1200. The molecule has 0 aliphatic carbocycles. The summed E-state index contributed by atoms with van der Waals surface area (Å²) in [5.74, 6) is -2.98. The van der Waals surface area contributed by atoms with E-state index in [1.165, 1.54) is 42.7 Å². The topological polar surface area (TPSA) is 138 Å². The Hall–Kier alpha value is -4.37. The van der Waals surface area contributed by atoms with Gasteiger partial charge in [0.1, 0.15) is 12.2 Å². The van der Waals surface area contributed by atoms with Gasteiger partial charge in [-0.2, -0.15) is 0 Å². The van der Waals surface area contributed by atoms with Crippen molar-refractivity contribution in [3.05, 3.63) is 94.5 Å². The zero-order valence-corrected chi connectivity index (χ0v) is 17.8. The lowest BCUT2D eigenvalue weighted by molar-refractivity contribution is -0.135. The van der Waals surface area contributed by atoms with Gasteiger partial charge in [0.05, 0.1) is 6.26 Å². The van der Waals surface area contributed by atoms with Gasteiger partial charge in [0, 0.05) is 16.3 Å².